The second kappa shape index (κ2) is 12.2. The molecule has 168 valence electrons. The van der Waals surface area contributed by atoms with Gasteiger partial charge in [0, 0.05) is 48.6 Å². The van der Waals surface area contributed by atoms with E-state index in [1.807, 2.05) is 48.7 Å². The fraction of sp³-hybridized carbons (Fsp3) is 0.125. The molecular weight excluding hydrogens is 422 g/mol. The highest BCUT2D eigenvalue weighted by molar-refractivity contribution is 5.88. The number of nitrogen functional groups attached to an aromatic ring is 1. The molecule has 1 aliphatic heterocycles. The normalized spacial score (nSPS) is 10.2. The number of aromatic nitrogens is 2. The summed E-state index contributed by atoms with van der Waals surface area (Å²) in [5, 5.41) is 18.1. The number of nitrogens with two attached hydrogens (primary N) is 1. The van der Waals surface area contributed by atoms with Crippen molar-refractivity contribution in [1.29, 1.82) is 0 Å². The number of carboxylic acids is 2. The first-order chi connectivity index (χ1) is 15.7. The SMILES string of the molecule is CC(=O)O.CC(=O)O.Nc1nccc(Nc2cc(C#Cc3ccccc3)c3c(c2)C=NC3)n1. The van der Waals surface area contributed by atoms with Crippen molar-refractivity contribution in [3.8, 4) is 11.8 Å². The fourth-order valence-electron chi connectivity index (χ4n) is 2.66. The lowest BCUT2D eigenvalue weighted by molar-refractivity contribution is -0.135. The van der Waals surface area contributed by atoms with E-state index in [2.05, 4.69) is 32.1 Å². The van der Waals surface area contributed by atoms with E-state index in [9.17, 15) is 0 Å². The minimum Gasteiger partial charge on any atom is -0.481 e. The van der Waals surface area contributed by atoms with Crippen LogP contribution in [0.1, 0.15) is 36.1 Å². The maximum Gasteiger partial charge on any atom is 0.300 e. The fourth-order valence-corrected chi connectivity index (χ4v) is 2.66. The van der Waals surface area contributed by atoms with Crippen molar-refractivity contribution in [2.75, 3.05) is 11.1 Å². The average Bonchev–Trinajstić information content (AvgIpc) is 3.21. The zero-order valence-electron chi connectivity index (χ0n) is 18.1. The maximum absolute atomic E-state index is 9.00. The highest BCUT2D eigenvalue weighted by Crippen LogP contribution is 2.25. The van der Waals surface area contributed by atoms with Gasteiger partial charge in [-0.05, 0) is 35.9 Å². The Morgan fingerprint density at radius 3 is 2.33 bits per heavy atom. The zero-order chi connectivity index (χ0) is 24.2. The third kappa shape index (κ3) is 8.90. The summed E-state index contributed by atoms with van der Waals surface area (Å²) in [5.74, 6) is 5.69. The molecule has 0 spiro atoms. The van der Waals surface area contributed by atoms with E-state index >= 15 is 0 Å². The van der Waals surface area contributed by atoms with Gasteiger partial charge < -0.3 is 21.3 Å². The third-order valence-corrected chi connectivity index (χ3v) is 3.83. The molecular formula is C24H23N5O4. The van der Waals surface area contributed by atoms with Crippen LogP contribution < -0.4 is 11.1 Å². The molecule has 2 heterocycles. The van der Waals surface area contributed by atoms with E-state index in [0.717, 1.165) is 41.8 Å². The van der Waals surface area contributed by atoms with Gasteiger partial charge in [-0.15, -0.1) is 0 Å². The molecule has 0 unspecified atom stereocenters. The minimum absolute atomic E-state index is 0.233. The van der Waals surface area contributed by atoms with Crippen molar-refractivity contribution in [2.45, 2.75) is 20.4 Å². The number of fused-ring (bicyclic) bond motifs is 1. The molecule has 0 saturated carbocycles. The van der Waals surface area contributed by atoms with Crippen molar-refractivity contribution in [3.63, 3.8) is 0 Å². The number of nitrogens with one attached hydrogen (secondary N) is 1. The van der Waals surface area contributed by atoms with Gasteiger partial charge in [0.2, 0.25) is 5.95 Å². The maximum atomic E-state index is 9.00. The number of hydrogen-bond acceptors (Lipinski definition) is 7. The van der Waals surface area contributed by atoms with Crippen molar-refractivity contribution < 1.29 is 19.8 Å². The van der Waals surface area contributed by atoms with Crippen molar-refractivity contribution >= 4 is 35.6 Å². The topological polar surface area (TPSA) is 151 Å². The van der Waals surface area contributed by atoms with Gasteiger partial charge in [-0.25, -0.2) is 4.98 Å². The van der Waals surface area contributed by atoms with Crippen LogP contribution in [-0.4, -0.2) is 38.3 Å². The Labute approximate surface area is 191 Å². The molecule has 1 aliphatic rings. The van der Waals surface area contributed by atoms with E-state index in [4.69, 9.17) is 25.5 Å². The van der Waals surface area contributed by atoms with Gasteiger partial charge in [0.25, 0.3) is 11.9 Å². The first-order valence-corrected chi connectivity index (χ1v) is 9.73. The molecule has 0 aliphatic carbocycles. The molecule has 0 amide bonds. The van der Waals surface area contributed by atoms with E-state index < -0.39 is 11.9 Å². The zero-order valence-corrected chi connectivity index (χ0v) is 18.1. The van der Waals surface area contributed by atoms with Gasteiger partial charge in [-0.2, -0.15) is 4.98 Å². The lowest BCUT2D eigenvalue weighted by atomic mass is 10.0. The molecule has 5 N–H and O–H groups in total. The Hall–Kier alpha value is -4.71. The summed E-state index contributed by atoms with van der Waals surface area (Å²) >= 11 is 0. The average molecular weight is 445 g/mol. The van der Waals surface area contributed by atoms with Crippen LogP contribution in [0.5, 0.6) is 0 Å². The number of rotatable bonds is 2. The second-order valence-electron chi connectivity index (χ2n) is 6.64. The molecule has 0 bridgehead atoms. The van der Waals surface area contributed by atoms with Gasteiger partial charge in [0.15, 0.2) is 0 Å². The van der Waals surface area contributed by atoms with E-state index in [0.29, 0.717) is 12.4 Å². The monoisotopic (exact) mass is 445 g/mol. The van der Waals surface area contributed by atoms with Crippen LogP contribution in [0.2, 0.25) is 0 Å². The number of anilines is 3. The highest BCUT2D eigenvalue weighted by atomic mass is 16.4. The van der Waals surface area contributed by atoms with Crippen molar-refractivity contribution in [1.82, 2.24) is 9.97 Å². The minimum atomic E-state index is -0.833. The van der Waals surface area contributed by atoms with E-state index in [-0.39, 0.29) is 5.95 Å². The molecule has 9 nitrogen and oxygen atoms in total. The Bertz CT molecular complexity index is 1190. The smallest absolute Gasteiger partial charge is 0.300 e. The standard InChI is InChI=1S/C20H15N5.2C2H4O2/c21-20-23-9-8-19(25-20)24-17-10-15(18-13-22-12-16(18)11-17)7-6-14-4-2-1-3-5-14;2*1-2(3)4/h1-5,8-12H,13H2,(H3,21,23,24,25);2*1H3,(H,3,4). The lowest BCUT2D eigenvalue weighted by Crippen LogP contribution is -2.00. The van der Waals surface area contributed by atoms with Gasteiger partial charge in [0.1, 0.15) is 5.82 Å². The number of benzene rings is 2. The Kier molecular flexibility index (Phi) is 9.09. The molecule has 4 rings (SSSR count). The number of carboxylic acid groups (broad SMARTS) is 2. The Morgan fingerprint density at radius 1 is 1.03 bits per heavy atom. The Balaban J connectivity index is 0.000000420. The number of hydrogen-bond donors (Lipinski definition) is 4. The summed E-state index contributed by atoms with van der Waals surface area (Å²) in [6.45, 7) is 2.83. The summed E-state index contributed by atoms with van der Waals surface area (Å²) in [6, 6.07) is 15.8. The molecule has 0 saturated heterocycles. The van der Waals surface area contributed by atoms with Gasteiger partial charge in [-0.3, -0.25) is 14.6 Å². The largest absolute Gasteiger partial charge is 0.481 e. The summed E-state index contributed by atoms with van der Waals surface area (Å²) in [7, 11) is 0. The van der Waals surface area contributed by atoms with Crippen molar-refractivity contribution in [3.05, 3.63) is 77.0 Å². The summed E-state index contributed by atoms with van der Waals surface area (Å²) < 4.78 is 0. The van der Waals surface area contributed by atoms with E-state index in [1.165, 1.54) is 0 Å². The van der Waals surface area contributed by atoms with Crippen LogP contribution in [0.25, 0.3) is 0 Å². The molecule has 1 aromatic heterocycles. The molecule has 0 atom stereocenters. The van der Waals surface area contributed by atoms with Crippen LogP contribution in [-0.2, 0) is 16.1 Å². The molecule has 33 heavy (non-hydrogen) atoms. The first kappa shape index (κ1) is 24.6. The highest BCUT2D eigenvalue weighted by Gasteiger charge is 2.12. The van der Waals surface area contributed by atoms with Crippen LogP contribution in [0.4, 0.5) is 17.5 Å². The second-order valence-corrected chi connectivity index (χ2v) is 6.64. The lowest BCUT2D eigenvalue weighted by Gasteiger charge is -2.09. The van der Waals surface area contributed by atoms with Crippen LogP contribution in [0, 0.1) is 11.8 Å². The first-order valence-electron chi connectivity index (χ1n) is 9.73. The van der Waals surface area contributed by atoms with Gasteiger partial charge in [0.05, 0.1) is 6.54 Å². The molecule has 0 radical (unpaired) electrons. The molecule has 9 heteroatoms. The van der Waals surface area contributed by atoms with E-state index in [1.54, 1.807) is 12.3 Å². The predicted molar refractivity (Wildman–Crippen MR) is 127 cm³/mol. The van der Waals surface area contributed by atoms with Crippen LogP contribution >= 0.6 is 0 Å². The molecule has 0 fully saturated rings. The summed E-state index contributed by atoms with van der Waals surface area (Å²) in [4.78, 5) is 30.4. The summed E-state index contributed by atoms with van der Waals surface area (Å²) in [6.07, 6.45) is 3.50. The predicted octanol–water partition coefficient (Wildman–Crippen LogP) is 3.32. The van der Waals surface area contributed by atoms with Crippen molar-refractivity contribution in [2.24, 2.45) is 4.99 Å². The molecule has 3 aromatic rings. The number of aliphatic imine (C=N–C) groups is 1. The third-order valence-electron chi connectivity index (χ3n) is 3.83. The summed E-state index contributed by atoms with van der Waals surface area (Å²) in [5.41, 5.74) is 10.7. The number of aliphatic carboxylic acids is 2. The number of nitrogens with zero attached hydrogens (tertiary/aromatic N) is 3. The van der Waals surface area contributed by atoms with Crippen LogP contribution in [0.3, 0.4) is 0 Å². The quantitative estimate of drug-likeness (QED) is 0.439. The Morgan fingerprint density at radius 2 is 1.70 bits per heavy atom. The molecule has 2 aromatic carbocycles. The number of carbonyl (C=O) groups is 2. The van der Waals surface area contributed by atoms with Gasteiger partial charge >= 0.3 is 0 Å². The van der Waals surface area contributed by atoms with Crippen LogP contribution in [0.15, 0.2) is 59.7 Å². The van der Waals surface area contributed by atoms with Gasteiger partial charge in [-0.1, -0.05) is 30.0 Å².